The predicted octanol–water partition coefficient (Wildman–Crippen LogP) is 3.04. The highest BCUT2D eigenvalue weighted by Crippen LogP contribution is 2.43. The zero-order valence-corrected chi connectivity index (χ0v) is 13.0. The number of methoxy groups -OCH3 is 1. The average Bonchev–Trinajstić information content (AvgIpc) is 3.01. The first kappa shape index (κ1) is 15.9. The lowest BCUT2D eigenvalue weighted by Gasteiger charge is -2.31. The minimum Gasteiger partial charge on any atom is -0.497 e. The van der Waals surface area contributed by atoms with Crippen LogP contribution >= 0.6 is 11.9 Å². The Hall–Kier alpha value is -1.53. The monoisotopic (exact) mass is 309 g/mol. The van der Waals surface area contributed by atoms with E-state index in [1.807, 2.05) is 12.1 Å². The molecular formula is C15H19NO4S. The van der Waals surface area contributed by atoms with Gasteiger partial charge in [0.05, 0.1) is 14.2 Å². The summed E-state index contributed by atoms with van der Waals surface area (Å²) in [5.41, 5.74) is 1.57. The summed E-state index contributed by atoms with van der Waals surface area (Å²) in [5.74, 6) is 0.344. The summed E-state index contributed by atoms with van der Waals surface area (Å²) in [4.78, 5) is 23.2. The second-order valence-electron chi connectivity index (χ2n) is 5.28. The summed E-state index contributed by atoms with van der Waals surface area (Å²) < 4.78 is 3.93. The van der Waals surface area contributed by atoms with Gasteiger partial charge in [0, 0.05) is 11.6 Å². The van der Waals surface area contributed by atoms with E-state index >= 15 is 0 Å². The molecule has 0 bridgehead atoms. The number of rotatable bonds is 2. The van der Waals surface area contributed by atoms with Gasteiger partial charge in [-0.2, -0.15) is 3.89 Å². The van der Waals surface area contributed by atoms with Crippen molar-refractivity contribution in [2.24, 2.45) is 0 Å². The van der Waals surface area contributed by atoms with Gasteiger partial charge < -0.3 is 14.6 Å². The SMILES string of the molecule is COC(=O)S[N+](C)(C(=O)[O-])c1ccccc1C1CCCC1. The summed E-state index contributed by atoms with van der Waals surface area (Å²) in [5, 5.41) is 11.0. The molecule has 0 aliphatic heterocycles. The molecule has 1 unspecified atom stereocenters. The molecule has 1 saturated carbocycles. The van der Waals surface area contributed by atoms with Crippen LogP contribution in [0.4, 0.5) is 15.3 Å². The minimum absolute atomic E-state index is 0.344. The molecule has 114 valence electrons. The third kappa shape index (κ3) is 3.22. The molecule has 1 amide bonds. The molecule has 0 saturated heterocycles. The van der Waals surface area contributed by atoms with Crippen LogP contribution in [0.1, 0.15) is 37.2 Å². The number of para-hydroxylation sites is 1. The number of hydrogen-bond acceptors (Lipinski definition) is 5. The summed E-state index contributed by atoms with van der Waals surface area (Å²) in [6, 6.07) is 7.38. The first-order chi connectivity index (χ1) is 9.99. The van der Waals surface area contributed by atoms with Gasteiger partial charge in [0.2, 0.25) is 11.9 Å². The zero-order chi connectivity index (χ0) is 15.5. The summed E-state index contributed by atoms with van der Waals surface area (Å²) in [6.07, 6.45) is 3.06. The van der Waals surface area contributed by atoms with Crippen LogP contribution < -0.4 is 8.99 Å². The van der Waals surface area contributed by atoms with Crippen LogP contribution in [-0.4, -0.2) is 25.6 Å². The van der Waals surface area contributed by atoms with Crippen molar-refractivity contribution in [3.8, 4) is 0 Å². The third-order valence-corrected chi connectivity index (χ3v) is 4.99. The lowest BCUT2D eigenvalue weighted by Crippen LogP contribution is -2.53. The van der Waals surface area contributed by atoms with Crippen LogP contribution in [-0.2, 0) is 4.74 Å². The standard InChI is InChI=1S/C15H19NO4S/c1-16(14(17)18,21-15(19)20-2)13-10-6-5-9-12(13)11-7-3-4-8-11/h5-6,9-11H,3-4,7-8H2,1-2H3. The number of carbonyl (C=O) groups is 2. The molecule has 2 rings (SSSR count). The fourth-order valence-corrected chi connectivity index (χ4v) is 3.54. The maximum Gasteiger partial charge on any atom is 0.425 e. The predicted molar refractivity (Wildman–Crippen MR) is 80.8 cm³/mol. The van der Waals surface area contributed by atoms with Crippen molar-refractivity contribution >= 4 is 29.0 Å². The molecule has 0 N–H and O–H groups in total. The van der Waals surface area contributed by atoms with Crippen molar-refractivity contribution in [1.29, 1.82) is 0 Å². The molecule has 1 aliphatic carbocycles. The Labute approximate surface area is 128 Å². The van der Waals surface area contributed by atoms with Crippen LogP contribution in [0.25, 0.3) is 0 Å². The smallest absolute Gasteiger partial charge is 0.425 e. The lowest BCUT2D eigenvalue weighted by molar-refractivity contribution is -0.256. The highest BCUT2D eigenvalue weighted by Gasteiger charge is 2.38. The van der Waals surface area contributed by atoms with Gasteiger partial charge in [-0.15, -0.1) is 0 Å². The highest BCUT2D eigenvalue weighted by molar-refractivity contribution is 8.13. The van der Waals surface area contributed by atoms with E-state index in [1.54, 1.807) is 12.1 Å². The summed E-state index contributed by atoms with van der Waals surface area (Å²) >= 11 is 0.596. The van der Waals surface area contributed by atoms with Crippen LogP contribution in [0.2, 0.25) is 0 Å². The number of hydrogen-bond donors (Lipinski definition) is 0. The zero-order valence-electron chi connectivity index (χ0n) is 12.2. The summed E-state index contributed by atoms with van der Waals surface area (Å²) in [7, 11) is 2.68. The maximum absolute atomic E-state index is 11.7. The van der Waals surface area contributed by atoms with Crippen molar-refractivity contribution < 1.29 is 19.4 Å². The molecule has 6 heteroatoms. The minimum atomic E-state index is -1.34. The first-order valence-electron chi connectivity index (χ1n) is 6.94. The largest absolute Gasteiger partial charge is 0.497 e. The van der Waals surface area contributed by atoms with Crippen molar-refractivity contribution in [3.63, 3.8) is 0 Å². The Bertz CT molecular complexity index is 542. The van der Waals surface area contributed by atoms with E-state index in [9.17, 15) is 14.7 Å². The number of nitrogens with zero attached hydrogens (tertiary/aromatic N) is 1. The number of carbonyl (C=O) groups excluding carboxylic acids is 2. The average molecular weight is 309 g/mol. The van der Waals surface area contributed by atoms with Gasteiger partial charge in [0.1, 0.15) is 0 Å². The van der Waals surface area contributed by atoms with Crippen LogP contribution in [0.15, 0.2) is 24.3 Å². The van der Waals surface area contributed by atoms with Crippen LogP contribution in [0.5, 0.6) is 0 Å². The van der Waals surface area contributed by atoms with E-state index in [-0.39, 0.29) is 0 Å². The quantitative estimate of drug-likeness (QED) is 0.477. The maximum atomic E-state index is 11.7. The fourth-order valence-electron chi connectivity index (χ4n) is 2.83. The number of benzene rings is 1. The molecule has 1 atom stereocenters. The van der Waals surface area contributed by atoms with Crippen LogP contribution in [0, 0.1) is 0 Å². The molecule has 1 aliphatic rings. The molecule has 21 heavy (non-hydrogen) atoms. The van der Waals surface area contributed by atoms with Crippen molar-refractivity contribution in [2.45, 2.75) is 31.6 Å². The van der Waals surface area contributed by atoms with Crippen LogP contribution in [0.3, 0.4) is 0 Å². The fraction of sp³-hybridized carbons (Fsp3) is 0.467. The van der Waals surface area contributed by atoms with E-state index in [4.69, 9.17) is 0 Å². The molecular weight excluding hydrogens is 290 g/mol. The Morgan fingerprint density at radius 2 is 1.90 bits per heavy atom. The number of quaternary nitrogens is 1. The number of ether oxygens (including phenoxy) is 1. The van der Waals surface area contributed by atoms with Gasteiger partial charge in [-0.05, 0) is 18.8 Å². The molecule has 5 nitrogen and oxygen atoms in total. The normalized spacial score (nSPS) is 18.2. The van der Waals surface area contributed by atoms with Crippen molar-refractivity contribution in [2.75, 3.05) is 14.2 Å². The van der Waals surface area contributed by atoms with E-state index in [0.29, 0.717) is 23.6 Å². The Balaban J connectivity index is 2.45. The van der Waals surface area contributed by atoms with Crippen molar-refractivity contribution in [3.05, 3.63) is 29.8 Å². The van der Waals surface area contributed by atoms with Gasteiger partial charge in [0.25, 0.3) is 6.09 Å². The molecule has 0 aromatic heterocycles. The second kappa shape index (κ2) is 6.49. The first-order valence-corrected chi connectivity index (χ1v) is 7.71. The van der Waals surface area contributed by atoms with Gasteiger partial charge in [0.15, 0.2) is 5.69 Å². The number of amides is 1. The lowest BCUT2D eigenvalue weighted by atomic mass is 9.95. The molecule has 1 fully saturated rings. The molecule has 0 spiro atoms. The molecule has 1 aromatic rings. The van der Waals surface area contributed by atoms with E-state index in [2.05, 4.69) is 4.74 Å². The molecule has 1 aromatic carbocycles. The van der Waals surface area contributed by atoms with E-state index in [1.165, 1.54) is 14.2 Å². The molecule has 0 radical (unpaired) electrons. The van der Waals surface area contributed by atoms with Gasteiger partial charge >= 0.3 is 5.30 Å². The Morgan fingerprint density at radius 1 is 1.29 bits per heavy atom. The molecule has 0 heterocycles. The van der Waals surface area contributed by atoms with Gasteiger partial charge in [-0.1, -0.05) is 31.0 Å². The van der Waals surface area contributed by atoms with Crippen molar-refractivity contribution in [1.82, 2.24) is 3.89 Å². The van der Waals surface area contributed by atoms with E-state index < -0.39 is 15.3 Å². The Kier molecular flexibility index (Phi) is 4.90. The topological polar surface area (TPSA) is 66.4 Å². The number of carboxylic acid groups (broad SMARTS) is 1. The van der Waals surface area contributed by atoms with Gasteiger partial charge in [-0.3, -0.25) is 0 Å². The highest BCUT2D eigenvalue weighted by atomic mass is 32.2. The third-order valence-electron chi connectivity index (χ3n) is 3.96. The second-order valence-corrected chi connectivity index (χ2v) is 6.52. The summed E-state index contributed by atoms with van der Waals surface area (Å²) in [6.45, 7) is 0. The Morgan fingerprint density at radius 3 is 2.48 bits per heavy atom. The van der Waals surface area contributed by atoms with E-state index in [0.717, 1.165) is 31.2 Å². The van der Waals surface area contributed by atoms with Gasteiger partial charge in [-0.25, -0.2) is 4.79 Å².